The largest absolute Gasteiger partial charge is 0.384 e. The van der Waals surface area contributed by atoms with Crippen molar-refractivity contribution in [3.63, 3.8) is 0 Å². The second-order valence-corrected chi connectivity index (χ2v) is 5.01. The molecular formula is C14H23N3. The minimum atomic E-state index is 0.553. The lowest BCUT2D eigenvalue weighted by Gasteiger charge is -2.36. The van der Waals surface area contributed by atoms with Crippen molar-refractivity contribution in [1.29, 1.82) is 0 Å². The summed E-state index contributed by atoms with van der Waals surface area (Å²) in [6, 6.07) is 2.55. The molecule has 1 unspecified atom stereocenters. The van der Waals surface area contributed by atoms with Crippen LogP contribution in [0.25, 0.3) is 0 Å². The van der Waals surface area contributed by atoms with Crippen molar-refractivity contribution >= 4 is 5.82 Å². The zero-order valence-corrected chi connectivity index (χ0v) is 10.9. The van der Waals surface area contributed by atoms with E-state index in [0.29, 0.717) is 11.9 Å². The quantitative estimate of drug-likeness (QED) is 0.873. The van der Waals surface area contributed by atoms with E-state index >= 15 is 0 Å². The van der Waals surface area contributed by atoms with Crippen LogP contribution in [0.4, 0.5) is 5.82 Å². The average molecular weight is 233 g/mol. The van der Waals surface area contributed by atoms with Gasteiger partial charge >= 0.3 is 0 Å². The van der Waals surface area contributed by atoms with Crippen LogP contribution in [-0.2, 0) is 0 Å². The van der Waals surface area contributed by atoms with Crippen LogP contribution in [0.15, 0.2) is 12.3 Å². The van der Waals surface area contributed by atoms with Crippen molar-refractivity contribution in [1.82, 2.24) is 9.88 Å². The number of pyridine rings is 1. The zero-order valence-electron chi connectivity index (χ0n) is 10.9. The third-order valence-electron chi connectivity index (χ3n) is 3.66. The molecule has 1 aromatic heterocycles. The number of likely N-dealkylation sites (tertiary alicyclic amines) is 1. The van der Waals surface area contributed by atoms with E-state index in [-0.39, 0.29) is 0 Å². The van der Waals surface area contributed by atoms with Gasteiger partial charge < -0.3 is 5.73 Å². The topological polar surface area (TPSA) is 42.2 Å². The Morgan fingerprint density at radius 1 is 1.47 bits per heavy atom. The van der Waals surface area contributed by atoms with Gasteiger partial charge in [0.15, 0.2) is 0 Å². The Morgan fingerprint density at radius 2 is 2.29 bits per heavy atom. The maximum atomic E-state index is 5.73. The predicted molar refractivity (Wildman–Crippen MR) is 71.8 cm³/mol. The molecule has 0 amide bonds. The fourth-order valence-electron chi connectivity index (χ4n) is 2.84. The highest BCUT2D eigenvalue weighted by molar-refractivity contribution is 5.37. The third-order valence-corrected chi connectivity index (χ3v) is 3.66. The van der Waals surface area contributed by atoms with Crippen LogP contribution in [0.5, 0.6) is 0 Å². The van der Waals surface area contributed by atoms with Crippen LogP contribution < -0.4 is 5.73 Å². The van der Waals surface area contributed by atoms with Crippen LogP contribution in [0, 0.1) is 6.92 Å². The summed E-state index contributed by atoms with van der Waals surface area (Å²) in [6.07, 6.45) is 7.11. The summed E-state index contributed by atoms with van der Waals surface area (Å²) in [4.78, 5) is 6.86. The number of nitrogens with zero attached hydrogens (tertiary/aromatic N) is 2. The number of hydrogen-bond donors (Lipinski definition) is 1. The average Bonchev–Trinajstić information content (AvgIpc) is 2.31. The summed E-state index contributed by atoms with van der Waals surface area (Å²) in [5.74, 6) is 0.629. The van der Waals surface area contributed by atoms with Gasteiger partial charge in [0.05, 0.1) is 0 Å². The molecule has 0 aromatic carbocycles. The molecule has 1 fully saturated rings. The maximum Gasteiger partial charge on any atom is 0.123 e. The number of hydrogen-bond acceptors (Lipinski definition) is 3. The number of piperidine rings is 1. The summed E-state index contributed by atoms with van der Waals surface area (Å²) in [5, 5.41) is 0. The van der Waals surface area contributed by atoms with E-state index in [0.717, 1.165) is 0 Å². The van der Waals surface area contributed by atoms with Crippen molar-refractivity contribution in [2.45, 2.75) is 45.6 Å². The highest BCUT2D eigenvalue weighted by Gasteiger charge is 2.24. The highest BCUT2D eigenvalue weighted by atomic mass is 15.2. The van der Waals surface area contributed by atoms with Gasteiger partial charge in [0, 0.05) is 12.2 Å². The molecule has 0 saturated carbocycles. The summed E-state index contributed by atoms with van der Waals surface area (Å²) >= 11 is 0. The molecule has 2 rings (SSSR count). The lowest BCUT2D eigenvalue weighted by molar-refractivity contribution is 0.148. The van der Waals surface area contributed by atoms with E-state index in [2.05, 4.69) is 23.7 Å². The Kier molecular flexibility index (Phi) is 4.00. The molecule has 1 saturated heterocycles. The van der Waals surface area contributed by atoms with Crippen molar-refractivity contribution in [3.8, 4) is 0 Å². The zero-order chi connectivity index (χ0) is 12.3. The van der Waals surface area contributed by atoms with E-state index in [4.69, 9.17) is 5.73 Å². The molecule has 0 aliphatic carbocycles. The molecule has 0 spiro atoms. The minimum absolute atomic E-state index is 0.553. The van der Waals surface area contributed by atoms with Gasteiger partial charge in [0.2, 0.25) is 0 Å². The van der Waals surface area contributed by atoms with Crippen molar-refractivity contribution in [2.24, 2.45) is 0 Å². The summed E-state index contributed by atoms with van der Waals surface area (Å²) in [7, 11) is 0. The number of nitrogens with two attached hydrogens (primary N) is 1. The van der Waals surface area contributed by atoms with E-state index in [1.54, 1.807) is 0 Å². The van der Waals surface area contributed by atoms with E-state index in [1.807, 2.05) is 12.3 Å². The molecule has 2 N–H and O–H groups in total. The Bertz CT molecular complexity index is 374. The number of rotatable bonds is 3. The van der Waals surface area contributed by atoms with Crippen molar-refractivity contribution in [2.75, 3.05) is 18.8 Å². The first-order valence-electron chi connectivity index (χ1n) is 6.68. The molecule has 2 heterocycles. The van der Waals surface area contributed by atoms with Crippen LogP contribution in [0.3, 0.4) is 0 Å². The number of aryl methyl sites for hydroxylation is 1. The lowest BCUT2D eigenvalue weighted by Crippen LogP contribution is -2.34. The SMILES string of the molecule is CCCN1CCCCC1c1cnc(N)cc1C. The van der Waals surface area contributed by atoms with E-state index in [1.165, 1.54) is 49.9 Å². The van der Waals surface area contributed by atoms with Gasteiger partial charge in [-0.15, -0.1) is 0 Å². The van der Waals surface area contributed by atoms with Crippen LogP contribution in [0.1, 0.15) is 49.8 Å². The molecule has 1 aliphatic rings. The molecule has 17 heavy (non-hydrogen) atoms. The third kappa shape index (κ3) is 2.78. The number of aromatic nitrogens is 1. The molecule has 0 radical (unpaired) electrons. The molecule has 3 nitrogen and oxygen atoms in total. The summed E-state index contributed by atoms with van der Waals surface area (Å²) < 4.78 is 0. The molecule has 1 aliphatic heterocycles. The van der Waals surface area contributed by atoms with Gasteiger partial charge in [-0.2, -0.15) is 0 Å². The van der Waals surface area contributed by atoms with Crippen LogP contribution >= 0.6 is 0 Å². The van der Waals surface area contributed by atoms with Gasteiger partial charge in [-0.1, -0.05) is 13.3 Å². The van der Waals surface area contributed by atoms with Gasteiger partial charge in [0.1, 0.15) is 5.82 Å². The molecule has 1 aromatic rings. The van der Waals surface area contributed by atoms with Gasteiger partial charge in [-0.25, -0.2) is 4.98 Å². The first-order valence-corrected chi connectivity index (χ1v) is 6.68. The summed E-state index contributed by atoms with van der Waals surface area (Å²) in [5.41, 5.74) is 8.38. The van der Waals surface area contributed by atoms with Gasteiger partial charge in [0.25, 0.3) is 0 Å². The van der Waals surface area contributed by atoms with Gasteiger partial charge in [-0.05, 0) is 56.5 Å². The van der Waals surface area contributed by atoms with E-state index < -0.39 is 0 Å². The minimum Gasteiger partial charge on any atom is -0.384 e. The Balaban J connectivity index is 2.23. The smallest absolute Gasteiger partial charge is 0.123 e. The fourth-order valence-corrected chi connectivity index (χ4v) is 2.84. The highest BCUT2D eigenvalue weighted by Crippen LogP contribution is 2.32. The predicted octanol–water partition coefficient (Wildman–Crippen LogP) is 2.91. The first kappa shape index (κ1) is 12.4. The maximum absolute atomic E-state index is 5.73. The molecular weight excluding hydrogens is 210 g/mol. The fraction of sp³-hybridized carbons (Fsp3) is 0.643. The Morgan fingerprint density at radius 3 is 3.00 bits per heavy atom. The van der Waals surface area contributed by atoms with Crippen molar-refractivity contribution in [3.05, 3.63) is 23.4 Å². The Hall–Kier alpha value is -1.09. The second kappa shape index (κ2) is 5.50. The monoisotopic (exact) mass is 233 g/mol. The standard InChI is InChI=1S/C14H23N3/c1-3-7-17-8-5-4-6-13(17)12-10-16-14(15)9-11(12)2/h9-10,13H,3-8H2,1-2H3,(H2,15,16). The number of nitrogen functional groups attached to an aromatic ring is 1. The van der Waals surface area contributed by atoms with Crippen LogP contribution in [-0.4, -0.2) is 23.0 Å². The van der Waals surface area contributed by atoms with E-state index in [9.17, 15) is 0 Å². The van der Waals surface area contributed by atoms with Crippen LogP contribution in [0.2, 0.25) is 0 Å². The first-order chi connectivity index (χ1) is 8.22. The second-order valence-electron chi connectivity index (χ2n) is 5.01. The summed E-state index contributed by atoms with van der Waals surface area (Å²) in [6.45, 7) is 6.81. The molecule has 1 atom stereocenters. The number of anilines is 1. The van der Waals surface area contributed by atoms with Gasteiger partial charge in [-0.3, -0.25) is 4.90 Å². The normalized spacial score (nSPS) is 21.6. The molecule has 3 heteroatoms. The Labute approximate surface area is 104 Å². The molecule has 94 valence electrons. The molecule has 0 bridgehead atoms. The van der Waals surface area contributed by atoms with Crippen molar-refractivity contribution < 1.29 is 0 Å². The lowest BCUT2D eigenvalue weighted by atomic mass is 9.93.